The van der Waals surface area contributed by atoms with E-state index in [0.29, 0.717) is 15.6 Å². The van der Waals surface area contributed by atoms with Gasteiger partial charge in [0, 0.05) is 15.2 Å². The molecule has 0 aliphatic heterocycles. The molecule has 0 bridgehead atoms. The van der Waals surface area contributed by atoms with Gasteiger partial charge in [-0.25, -0.2) is 12.4 Å². The van der Waals surface area contributed by atoms with E-state index >= 15 is 0 Å². The van der Waals surface area contributed by atoms with Crippen LogP contribution in [-0.4, -0.2) is 12.4 Å². The summed E-state index contributed by atoms with van der Waals surface area (Å²) in [6.07, 6.45) is 1.58. The molecule has 0 saturated carbocycles. The van der Waals surface area contributed by atoms with Gasteiger partial charge in [0.1, 0.15) is 0 Å². The maximum Gasteiger partial charge on any atom is 0.268 e. The summed E-state index contributed by atoms with van der Waals surface area (Å²) in [5.74, 6) is 0. The fourth-order valence-corrected chi connectivity index (χ4v) is 4.76. The maximum absolute atomic E-state index is 12.9. The Hall–Kier alpha value is -0.760. The highest BCUT2D eigenvalue weighted by Crippen LogP contribution is 2.33. The quantitative estimate of drug-likeness (QED) is 0.494. The first-order valence-electron chi connectivity index (χ1n) is 6.28. The lowest BCUT2D eigenvalue weighted by molar-refractivity contribution is 0.589. The van der Waals surface area contributed by atoms with Gasteiger partial charge in [0.25, 0.3) is 10.0 Å². The van der Waals surface area contributed by atoms with Gasteiger partial charge in [0.2, 0.25) is 0 Å². The molecule has 0 aliphatic rings. The number of halogens is 3. The van der Waals surface area contributed by atoms with Gasteiger partial charge in [0.05, 0.1) is 20.5 Å². The number of hydrogen-bond acceptors (Lipinski definition) is 2. The first kappa shape index (κ1) is 16.1. The largest absolute Gasteiger partial charge is 0.268 e. The highest BCUT2D eigenvalue weighted by molar-refractivity contribution is 14.1. The Morgan fingerprint density at radius 3 is 2.27 bits per heavy atom. The maximum atomic E-state index is 12.9. The topological polar surface area (TPSA) is 39.1 Å². The Bertz CT molecular complexity index is 979. The normalized spacial score (nSPS) is 12.0. The molecule has 0 aliphatic carbocycles. The van der Waals surface area contributed by atoms with Crippen LogP contribution in [0.3, 0.4) is 0 Å². The fourth-order valence-electron chi connectivity index (χ4n) is 2.17. The smallest absolute Gasteiger partial charge is 0.240 e. The highest BCUT2D eigenvalue weighted by atomic mass is 127. The van der Waals surface area contributed by atoms with E-state index in [0.717, 1.165) is 14.5 Å². The first-order valence-corrected chi connectivity index (χ1v) is 9.56. The zero-order chi connectivity index (χ0) is 16.1. The third-order valence-electron chi connectivity index (χ3n) is 3.34. The Balaban J connectivity index is 2.30. The van der Waals surface area contributed by atoms with E-state index in [1.807, 2.05) is 6.92 Å². The van der Waals surface area contributed by atoms with Crippen LogP contribution in [0.1, 0.15) is 5.56 Å². The van der Waals surface area contributed by atoms with Crippen LogP contribution in [0.15, 0.2) is 47.5 Å². The molecule has 0 unspecified atom stereocenters. The lowest BCUT2D eigenvalue weighted by Crippen LogP contribution is -2.11. The van der Waals surface area contributed by atoms with Crippen LogP contribution in [0, 0.1) is 10.5 Å². The number of benzene rings is 2. The molecule has 0 radical (unpaired) electrons. The second kappa shape index (κ2) is 5.70. The van der Waals surface area contributed by atoms with Gasteiger partial charge in [-0.1, -0.05) is 40.9 Å². The van der Waals surface area contributed by atoms with Crippen LogP contribution in [0.2, 0.25) is 10.0 Å². The van der Waals surface area contributed by atoms with Crippen molar-refractivity contribution in [2.45, 2.75) is 11.8 Å². The molecule has 0 fully saturated rings. The minimum atomic E-state index is -3.68. The van der Waals surface area contributed by atoms with Crippen molar-refractivity contribution in [3.8, 4) is 0 Å². The molecule has 0 saturated heterocycles. The number of rotatable bonds is 2. The summed E-state index contributed by atoms with van der Waals surface area (Å²) in [7, 11) is -3.68. The summed E-state index contributed by atoms with van der Waals surface area (Å²) in [5, 5.41) is 1.48. The van der Waals surface area contributed by atoms with Crippen LogP contribution >= 0.6 is 45.8 Å². The van der Waals surface area contributed by atoms with Crippen LogP contribution in [0.5, 0.6) is 0 Å². The lowest BCUT2D eigenvalue weighted by Gasteiger charge is -2.08. The van der Waals surface area contributed by atoms with Gasteiger partial charge < -0.3 is 0 Å². The van der Waals surface area contributed by atoms with Gasteiger partial charge >= 0.3 is 0 Å². The number of hydrogen-bond donors (Lipinski definition) is 0. The Labute approximate surface area is 152 Å². The van der Waals surface area contributed by atoms with Crippen molar-refractivity contribution in [2.75, 3.05) is 0 Å². The average molecular weight is 466 g/mol. The molecule has 3 rings (SSSR count). The summed E-state index contributed by atoms with van der Waals surface area (Å²) in [5.41, 5.74) is 1.51. The van der Waals surface area contributed by atoms with Gasteiger partial charge in [-0.05, 0) is 53.8 Å². The van der Waals surface area contributed by atoms with E-state index in [2.05, 4.69) is 22.6 Å². The monoisotopic (exact) mass is 465 g/mol. The lowest BCUT2D eigenvalue weighted by atomic mass is 10.2. The van der Waals surface area contributed by atoms with Crippen LogP contribution in [0.25, 0.3) is 10.9 Å². The molecule has 1 heterocycles. The zero-order valence-corrected chi connectivity index (χ0v) is 15.8. The van der Waals surface area contributed by atoms with E-state index in [-0.39, 0.29) is 4.90 Å². The van der Waals surface area contributed by atoms with E-state index in [4.69, 9.17) is 23.2 Å². The minimum Gasteiger partial charge on any atom is -0.240 e. The highest BCUT2D eigenvalue weighted by Gasteiger charge is 2.21. The van der Waals surface area contributed by atoms with Crippen molar-refractivity contribution in [1.29, 1.82) is 0 Å². The molecule has 114 valence electrons. The molecule has 0 amide bonds. The number of aryl methyl sites for hydroxylation is 1. The van der Waals surface area contributed by atoms with Gasteiger partial charge in [-0.3, -0.25) is 0 Å². The van der Waals surface area contributed by atoms with Gasteiger partial charge in [-0.15, -0.1) is 0 Å². The molecule has 0 N–H and O–H groups in total. The number of nitrogens with zero attached hydrogens (tertiary/aromatic N) is 1. The van der Waals surface area contributed by atoms with Crippen molar-refractivity contribution >= 4 is 66.7 Å². The van der Waals surface area contributed by atoms with Gasteiger partial charge in [-0.2, -0.15) is 0 Å². The molecule has 0 atom stereocenters. The molecular weight excluding hydrogens is 456 g/mol. The van der Waals surface area contributed by atoms with E-state index in [9.17, 15) is 8.42 Å². The van der Waals surface area contributed by atoms with Crippen LogP contribution in [0.4, 0.5) is 0 Å². The molecule has 1 aromatic heterocycles. The average Bonchev–Trinajstić information content (AvgIpc) is 2.78. The third-order valence-corrected chi connectivity index (χ3v) is 6.61. The molecule has 3 nitrogen and oxygen atoms in total. The van der Waals surface area contributed by atoms with E-state index in [1.54, 1.807) is 42.6 Å². The summed E-state index contributed by atoms with van der Waals surface area (Å²) in [6.45, 7) is 1.91. The van der Waals surface area contributed by atoms with Gasteiger partial charge in [0.15, 0.2) is 0 Å². The molecule has 2 aromatic carbocycles. The first-order chi connectivity index (χ1) is 10.3. The second-order valence-corrected chi connectivity index (χ2v) is 8.67. The molecule has 22 heavy (non-hydrogen) atoms. The molecule has 0 spiro atoms. The summed E-state index contributed by atoms with van der Waals surface area (Å²) < 4.78 is 27.7. The summed E-state index contributed by atoms with van der Waals surface area (Å²) in [4.78, 5) is 0.234. The van der Waals surface area contributed by atoms with Crippen molar-refractivity contribution in [3.63, 3.8) is 0 Å². The molecular formula is C15H10Cl2INO2S. The van der Waals surface area contributed by atoms with Crippen molar-refractivity contribution < 1.29 is 8.42 Å². The minimum absolute atomic E-state index is 0.234. The van der Waals surface area contributed by atoms with E-state index < -0.39 is 10.0 Å². The summed E-state index contributed by atoms with van der Waals surface area (Å²) >= 11 is 14.2. The Kier molecular flexibility index (Phi) is 4.18. The predicted molar refractivity (Wildman–Crippen MR) is 98.4 cm³/mol. The number of fused-ring (bicyclic) bond motifs is 1. The molecule has 3 aromatic rings. The van der Waals surface area contributed by atoms with Crippen molar-refractivity contribution in [2.24, 2.45) is 0 Å². The fraction of sp³-hybridized carbons (Fsp3) is 0.0667. The van der Waals surface area contributed by atoms with E-state index in [1.165, 1.54) is 3.97 Å². The van der Waals surface area contributed by atoms with Crippen LogP contribution in [-0.2, 0) is 10.0 Å². The Morgan fingerprint density at radius 2 is 1.64 bits per heavy atom. The van der Waals surface area contributed by atoms with Crippen molar-refractivity contribution in [1.82, 2.24) is 3.97 Å². The molecule has 7 heteroatoms. The third kappa shape index (κ3) is 2.64. The number of aromatic nitrogens is 1. The summed E-state index contributed by atoms with van der Waals surface area (Å²) in [6, 6.07) is 10.00. The standard InChI is InChI=1S/C15H10Cl2INO2S/c1-9-2-4-10(5-3-9)22(20,21)19-8-14(18)11-6-12(16)13(17)7-15(11)19/h2-8H,1H3. The Morgan fingerprint density at radius 1 is 1.05 bits per heavy atom. The zero-order valence-electron chi connectivity index (χ0n) is 11.3. The predicted octanol–water partition coefficient (Wildman–Crippen LogP) is 5.10. The van der Waals surface area contributed by atoms with Crippen LogP contribution < -0.4 is 0 Å². The second-order valence-electron chi connectivity index (χ2n) is 4.87. The van der Waals surface area contributed by atoms with Crippen molar-refractivity contribution in [3.05, 3.63) is 61.8 Å². The SMILES string of the molecule is Cc1ccc(S(=O)(=O)n2cc(I)c3cc(Cl)c(Cl)cc32)cc1.